The van der Waals surface area contributed by atoms with Gasteiger partial charge < -0.3 is 14.8 Å². The van der Waals surface area contributed by atoms with E-state index < -0.39 is 0 Å². The molecule has 1 atom stereocenters. The molecule has 0 radical (unpaired) electrons. The van der Waals surface area contributed by atoms with Crippen LogP contribution in [0.1, 0.15) is 35.0 Å². The van der Waals surface area contributed by atoms with Crippen molar-refractivity contribution in [3.63, 3.8) is 0 Å². The molecule has 3 rings (SSSR count). The molecule has 0 saturated heterocycles. The van der Waals surface area contributed by atoms with Crippen LogP contribution in [-0.2, 0) is 29.1 Å². The van der Waals surface area contributed by atoms with E-state index in [1.54, 1.807) is 0 Å². The molecule has 0 spiro atoms. The molecule has 25 heavy (non-hydrogen) atoms. The Morgan fingerprint density at radius 1 is 1.44 bits per heavy atom. The quantitative estimate of drug-likeness (QED) is 0.871. The molecule has 0 bridgehead atoms. The number of rotatable bonds is 5. The third-order valence-electron chi connectivity index (χ3n) is 4.44. The van der Waals surface area contributed by atoms with Gasteiger partial charge in [-0.2, -0.15) is 5.10 Å². The third kappa shape index (κ3) is 3.82. The predicted octanol–water partition coefficient (Wildman–Crippen LogP) is 2.53. The summed E-state index contributed by atoms with van der Waals surface area (Å²) in [5.74, 6) is -0.0781. The maximum absolute atomic E-state index is 13.7. The van der Waals surface area contributed by atoms with Crippen LogP contribution in [0.2, 0.25) is 0 Å². The Hall–Kier alpha value is -2.41. The Bertz CT molecular complexity index is 769. The van der Waals surface area contributed by atoms with E-state index >= 15 is 0 Å². The predicted molar refractivity (Wildman–Crippen MR) is 89.5 cm³/mol. The summed E-state index contributed by atoms with van der Waals surface area (Å²) in [5.41, 5.74) is 4.23. The second-order valence-corrected chi connectivity index (χ2v) is 6.40. The summed E-state index contributed by atoms with van der Waals surface area (Å²) in [6.45, 7) is 6.39. The largest absolute Gasteiger partial charge is 0.467 e. The van der Waals surface area contributed by atoms with Crippen LogP contribution in [0, 0.1) is 25.6 Å². The van der Waals surface area contributed by atoms with Crippen LogP contribution in [-0.4, -0.2) is 22.9 Å². The van der Waals surface area contributed by atoms with Crippen molar-refractivity contribution in [2.24, 2.45) is 5.92 Å². The van der Waals surface area contributed by atoms with E-state index in [0.717, 1.165) is 17.0 Å². The Kier molecular flexibility index (Phi) is 5.03. The number of aromatic amines is 1. The summed E-state index contributed by atoms with van der Waals surface area (Å²) in [4.78, 5) is 12.4. The number of nitrogens with one attached hydrogen (secondary N) is 2. The lowest BCUT2D eigenvalue weighted by Crippen LogP contribution is -2.30. The summed E-state index contributed by atoms with van der Waals surface area (Å²) in [6.07, 6.45) is 0.603. The highest BCUT2D eigenvalue weighted by Gasteiger charge is 2.20. The number of aromatic nitrogens is 2. The molecule has 1 aromatic carbocycles. The minimum Gasteiger partial charge on any atom is -0.467 e. The van der Waals surface area contributed by atoms with Gasteiger partial charge in [-0.15, -0.1) is 0 Å². The lowest BCUT2D eigenvalue weighted by Gasteiger charge is -2.21. The maximum Gasteiger partial charge on any atom is 0.223 e. The standard InChI is InChI=1S/C18H22FN3O3/c1-10(4-16-11(2)21-22-12(16)3)18(23)20-7-13-5-15(19)6-14-8-24-9-25-17(13)14/h5-6,10H,4,7-9H2,1-3H3,(H,20,23)(H,21,22). The first-order valence-corrected chi connectivity index (χ1v) is 8.25. The van der Waals surface area contributed by atoms with Gasteiger partial charge in [-0.05, 0) is 38.0 Å². The summed E-state index contributed by atoms with van der Waals surface area (Å²) >= 11 is 0. The van der Waals surface area contributed by atoms with E-state index in [0.29, 0.717) is 29.9 Å². The molecule has 0 saturated carbocycles. The molecule has 1 amide bonds. The number of nitrogens with zero attached hydrogens (tertiary/aromatic N) is 1. The molecule has 1 aromatic heterocycles. The molecule has 6 nitrogen and oxygen atoms in total. The van der Waals surface area contributed by atoms with Crippen molar-refractivity contribution < 1.29 is 18.7 Å². The highest BCUT2D eigenvalue weighted by atomic mass is 19.1. The van der Waals surface area contributed by atoms with Gasteiger partial charge in [0.1, 0.15) is 11.6 Å². The van der Waals surface area contributed by atoms with Crippen molar-refractivity contribution in [2.75, 3.05) is 6.79 Å². The van der Waals surface area contributed by atoms with E-state index in [-0.39, 0.29) is 31.0 Å². The van der Waals surface area contributed by atoms with E-state index in [1.807, 2.05) is 20.8 Å². The molecular weight excluding hydrogens is 325 g/mol. The normalized spacial score (nSPS) is 14.6. The Balaban J connectivity index is 1.65. The molecule has 1 unspecified atom stereocenters. The van der Waals surface area contributed by atoms with E-state index in [2.05, 4.69) is 15.5 Å². The number of H-pyrrole nitrogens is 1. The van der Waals surface area contributed by atoms with E-state index in [9.17, 15) is 9.18 Å². The number of carbonyl (C=O) groups is 1. The van der Waals surface area contributed by atoms with Crippen LogP contribution in [0.5, 0.6) is 5.75 Å². The fourth-order valence-electron chi connectivity index (χ4n) is 3.02. The molecule has 2 N–H and O–H groups in total. The van der Waals surface area contributed by atoms with E-state index in [4.69, 9.17) is 9.47 Å². The second kappa shape index (κ2) is 7.23. The average molecular weight is 347 g/mol. The lowest BCUT2D eigenvalue weighted by molar-refractivity contribution is -0.124. The topological polar surface area (TPSA) is 76.2 Å². The van der Waals surface area contributed by atoms with Crippen LogP contribution in [0.15, 0.2) is 12.1 Å². The van der Waals surface area contributed by atoms with Gasteiger partial charge >= 0.3 is 0 Å². The molecule has 7 heteroatoms. The van der Waals surface area contributed by atoms with Crippen molar-refractivity contribution in [2.45, 2.75) is 40.3 Å². The van der Waals surface area contributed by atoms with Crippen LogP contribution in [0.3, 0.4) is 0 Å². The molecule has 2 heterocycles. The smallest absolute Gasteiger partial charge is 0.223 e. The zero-order valence-corrected chi connectivity index (χ0v) is 14.6. The molecule has 1 aliphatic rings. The number of aryl methyl sites for hydroxylation is 2. The maximum atomic E-state index is 13.7. The van der Waals surface area contributed by atoms with Crippen LogP contribution in [0.4, 0.5) is 4.39 Å². The van der Waals surface area contributed by atoms with Crippen LogP contribution >= 0.6 is 0 Å². The van der Waals surface area contributed by atoms with Gasteiger partial charge in [0.25, 0.3) is 0 Å². The number of hydrogen-bond acceptors (Lipinski definition) is 4. The van der Waals surface area contributed by atoms with Crippen molar-refractivity contribution >= 4 is 5.91 Å². The van der Waals surface area contributed by atoms with Crippen molar-refractivity contribution in [3.8, 4) is 5.75 Å². The average Bonchev–Trinajstić information content (AvgIpc) is 2.91. The summed E-state index contributed by atoms with van der Waals surface area (Å²) < 4.78 is 24.4. The first-order chi connectivity index (χ1) is 12.0. The summed E-state index contributed by atoms with van der Waals surface area (Å²) in [6, 6.07) is 2.78. The zero-order chi connectivity index (χ0) is 18.0. The zero-order valence-electron chi connectivity index (χ0n) is 14.6. The highest BCUT2D eigenvalue weighted by Crippen LogP contribution is 2.29. The van der Waals surface area contributed by atoms with Crippen molar-refractivity contribution in [1.29, 1.82) is 0 Å². The number of ether oxygens (including phenoxy) is 2. The molecule has 0 aliphatic carbocycles. The highest BCUT2D eigenvalue weighted by molar-refractivity contribution is 5.78. The third-order valence-corrected chi connectivity index (χ3v) is 4.44. The summed E-state index contributed by atoms with van der Waals surface area (Å²) in [5, 5.41) is 9.95. The first kappa shape index (κ1) is 17.4. The summed E-state index contributed by atoms with van der Waals surface area (Å²) in [7, 11) is 0. The van der Waals surface area contributed by atoms with Crippen molar-refractivity contribution in [3.05, 3.63) is 46.0 Å². The lowest BCUT2D eigenvalue weighted by atomic mass is 9.98. The van der Waals surface area contributed by atoms with Gasteiger partial charge in [0.15, 0.2) is 6.79 Å². The van der Waals surface area contributed by atoms with Crippen molar-refractivity contribution in [1.82, 2.24) is 15.5 Å². The van der Waals surface area contributed by atoms with E-state index in [1.165, 1.54) is 12.1 Å². The minimum absolute atomic E-state index is 0.0925. The van der Waals surface area contributed by atoms with Gasteiger partial charge in [-0.25, -0.2) is 4.39 Å². The molecule has 0 fully saturated rings. The minimum atomic E-state index is -0.366. The van der Waals surface area contributed by atoms with Crippen LogP contribution < -0.4 is 10.1 Å². The first-order valence-electron chi connectivity index (χ1n) is 8.25. The monoisotopic (exact) mass is 347 g/mol. The van der Waals surface area contributed by atoms with Gasteiger partial charge in [0.05, 0.1) is 12.3 Å². The fourth-order valence-corrected chi connectivity index (χ4v) is 3.02. The fraction of sp³-hybridized carbons (Fsp3) is 0.444. The molecular formula is C18H22FN3O3. The number of hydrogen-bond donors (Lipinski definition) is 2. The molecule has 134 valence electrons. The van der Waals surface area contributed by atoms with Gasteiger partial charge in [-0.3, -0.25) is 9.89 Å². The van der Waals surface area contributed by atoms with Crippen LogP contribution in [0.25, 0.3) is 0 Å². The number of amides is 1. The number of carbonyl (C=O) groups excluding carboxylic acids is 1. The number of halogens is 1. The Morgan fingerprint density at radius 2 is 2.24 bits per heavy atom. The number of benzene rings is 1. The van der Waals surface area contributed by atoms with Gasteiger partial charge in [0, 0.05) is 29.3 Å². The number of fused-ring (bicyclic) bond motifs is 1. The van der Waals surface area contributed by atoms with Gasteiger partial charge in [0.2, 0.25) is 5.91 Å². The van der Waals surface area contributed by atoms with Gasteiger partial charge in [-0.1, -0.05) is 6.92 Å². The molecule has 2 aromatic rings. The Morgan fingerprint density at radius 3 is 2.96 bits per heavy atom. The second-order valence-electron chi connectivity index (χ2n) is 6.40. The molecule has 1 aliphatic heterocycles. The SMILES string of the molecule is Cc1n[nH]c(C)c1CC(C)C(=O)NCc1cc(F)cc2c1OCOC2. The Labute approximate surface area is 145 Å².